The maximum Gasteiger partial charge on any atom is 0.317 e. The second-order valence-electron chi connectivity index (χ2n) is 7.77. The van der Waals surface area contributed by atoms with Gasteiger partial charge in [-0.2, -0.15) is 0 Å². The van der Waals surface area contributed by atoms with E-state index >= 15 is 0 Å². The molecular formula is C23H27N3O10. The van der Waals surface area contributed by atoms with Gasteiger partial charge in [-0.1, -0.05) is 0 Å². The Balaban J connectivity index is 2.57. The van der Waals surface area contributed by atoms with Crippen molar-refractivity contribution in [2.75, 3.05) is 40.4 Å². The van der Waals surface area contributed by atoms with Crippen LogP contribution in [0.5, 0.6) is 11.5 Å². The highest BCUT2D eigenvalue weighted by Crippen LogP contribution is 2.34. The predicted octanol–water partition coefficient (Wildman–Crippen LogP) is 0.708. The molecule has 0 saturated carbocycles. The van der Waals surface area contributed by atoms with Crippen LogP contribution in [-0.4, -0.2) is 99.5 Å². The SMILES string of the molecule is COc1ccc(-c2cc(CN(CC(=O)O)CC(=O)O)nc(CN(CC(=O)O)CC(=O)O)c2)c(OC)c1. The van der Waals surface area contributed by atoms with Crippen LogP contribution in [0, 0.1) is 0 Å². The van der Waals surface area contributed by atoms with E-state index in [1.165, 1.54) is 14.2 Å². The van der Waals surface area contributed by atoms with E-state index in [2.05, 4.69) is 4.98 Å². The van der Waals surface area contributed by atoms with Crippen molar-refractivity contribution >= 4 is 23.9 Å². The molecule has 0 aliphatic heterocycles. The second kappa shape index (κ2) is 13.0. The highest BCUT2D eigenvalue weighted by molar-refractivity contribution is 5.74. The zero-order valence-electron chi connectivity index (χ0n) is 19.7. The summed E-state index contributed by atoms with van der Waals surface area (Å²) in [5, 5.41) is 36.7. The van der Waals surface area contributed by atoms with Crippen LogP contribution in [0.25, 0.3) is 11.1 Å². The molecule has 2 rings (SSSR count). The van der Waals surface area contributed by atoms with Crippen LogP contribution in [0.1, 0.15) is 11.4 Å². The van der Waals surface area contributed by atoms with Crippen LogP contribution in [0.4, 0.5) is 0 Å². The molecule has 0 atom stereocenters. The van der Waals surface area contributed by atoms with Gasteiger partial charge in [-0.3, -0.25) is 34.0 Å². The molecule has 194 valence electrons. The standard InChI is InChI=1S/C23H27N3O10/c1-35-17-3-4-18(19(7-17)36-2)14-5-15(8-25(10-20(27)28)11-21(29)30)24-16(6-14)9-26(12-22(31)32)13-23(33)34/h3-7H,8-13H2,1-2H3,(H,27,28)(H,29,30)(H,31,32)(H,33,34). The maximum absolute atomic E-state index is 11.2. The average molecular weight is 505 g/mol. The van der Waals surface area contributed by atoms with Gasteiger partial charge in [0.15, 0.2) is 0 Å². The van der Waals surface area contributed by atoms with Crippen molar-refractivity contribution in [3.05, 3.63) is 41.7 Å². The number of rotatable bonds is 15. The number of aromatic nitrogens is 1. The van der Waals surface area contributed by atoms with Crippen molar-refractivity contribution in [1.82, 2.24) is 14.8 Å². The number of nitrogens with zero attached hydrogens (tertiary/aromatic N) is 3. The fourth-order valence-corrected chi connectivity index (χ4v) is 3.56. The number of pyridine rings is 1. The summed E-state index contributed by atoms with van der Waals surface area (Å²) in [7, 11) is 2.96. The Morgan fingerprint density at radius 1 is 0.722 bits per heavy atom. The monoisotopic (exact) mass is 505 g/mol. The van der Waals surface area contributed by atoms with Crippen molar-refractivity contribution in [3.8, 4) is 22.6 Å². The Kier molecular flexibility index (Phi) is 10.1. The third kappa shape index (κ3) is 8.85. The molecule has 0 bridgehead atoms. The van der Waals surface area contributed by atoms with Gasteiger partial charge >= 0.3 is 23.9 Å². The smallest absolute Gasteiger partial charge is 0.317 e. The van der Waals surface area contributed by atoms with Gasteiger partial charge in [0.1, 0.15) is 11.5 Å². The van der Waals surface area contributed by atoms with Crippen LogP contribution in [0.2, 0.25) is 0 Å². The number of ether oxygens (including phenoxy) is 2. The van der Waals surface area contributed by atoms with Crippen molar-refractivity contribution in [1.29, 1.82) is 0 Å². The van der Waals surface area contributed by atoms with Crippen LogP contribution < -0.4 is 9.47 Å². The van der Waals surface area contributed by atoms with E-state index in [-0.39, 0.29) is 13.1 Å². The molecule has 1 aromatic carbocycles. The van der Waals surface area contributed by atoms with Crippen LogP contribution in [0.15, 0.2) is 30.3 Å². The molecule has 1 heterocycles. The van der Waals surface area contributed by atoms with E-state index in [4.69, 9.17) is 29.9 Å². The molecule has 0 fully saturated rings. The highest BCUT2D eigenvalue weighted by Gasteiger charge is 2.19. The molecule has 36 heavy (non-hydrogen) atoms. The third-order valence-electron chi connectivity index (χ3n) is 4.86. The summed E-state index contributed by atoms with van der Waals surface area (Å²) >= 11 is 0. The van der Waals surface area contributed by atoms with Gasteiger partial charge in [-0.15, -0.1) is 0 Å². The molecule has 0 radical (unpaired) electrons. The zero-order chi connectivity index (χ0) is 26.8. The van der Waals surface area contributed by atoms with E-state index in [1.807, 2.05) is 0 Å². The van der Waals surface area contributed by atoms with E-state index in [0.29, 0.717) is 34.0 Å². The van der Waals surface area contributed by atoms with Crippen LogP contribution in [-0.2, 0) is 32.3 Å². The zero-order valence-corrected chi connectivity index (χ0v) is 19.7. The molecule has 13 nitrogen and oxygen atoms in total. The minimum atomic E-state index is -1.22. The average Bonchev–Trinajstić information content (AvgIpc) is 2.76. The highest BCUT2D eigenvalue weighted by atomic mass is 16.5. The quantitative estimate of drug-likeness (QED) is 0.265. The molecule has 0 saturated heterocycles. The van der Waals surface area contributed by atoms with Gasteiger partial charge in [0.05, 0.1) is 51.8 Å². The number of hydrogen-bond acceptors (Lipinski definition) is 9. The van der Waals surface area contributed by atoms with Gasteiger partial charge in [0.2, 0.25) is 0 Å². The van der Waals surface area contributed by atoms with E-state index in [9.17, 15) is 19.2 Å². The summed E-state index contributed by atoms with van der Waals surface area (Å²) in [6.07, 6.45) is 0. The summed E-state index contributed by atoms with van der Waals surface area (Å²) in [4.78, 5) is 51.7. The lowest BCUT2D eigenvalue weighted by atomic mass is 10.0. The Morgan fingerprint density at radius 2 is 1.17 bits per heavy atom. The van der Waals surface area contributed by atoms with Crippen molar-refractivity contribution in [2.45, 2.75) is 13.1 Å². The normalized spacial score (nSPS) is 10.9. The lowest BCUT2D eigenvalue weighted by Crippen LogP contribution is -2.35. The Morgan fingerprint density at radius 3 is 1.53 bits per heavy atom. The first kappa shape index (κ1) is 28.0. The number of hydrogen-bond donors (Lipinski definition) is 4. The fraction of sp³-hybridized carbons (Fsp3) is 0.348. The molecule has 0 amide bonds. The predicted molar refractivity (Wildman–Crippen MR) is 124 cm³/mol. The minimum Gasteiger partial charge on any atom is -0.497 e. The summed E-state index contributed by atoms with van der Waals surface area (Å²) in [6, 6.07) is 8.32. The number of carboxylic acid groups (broad SMARTS) is 4. The Bertz CT molecular complexity index is 1030. The molecule has 1 aromatic heterocycles. The van der Waals surface area contributed by atoms with Crippen molar-refractivity contribution in [3.63, 3.8) is 0 Å². The molecule has 0 spiro atoms. The van der Waals surface area contributed by atoms with E-state index in [1.54, 1.807) is 30.3 Å². The molecule has 0 unspecified atom stereocenters. The van der Waals surface area contributed by atoms with E-state index < -0.39 is 50.1 Å². The van der Waals surface area contributed by atoms with Gasteiger partial charge in [0.25, 0.3) is 0 Å². The summed E-state index contributed by atoms with van der Waals surface area (Å²) in [5.41, 5.74) is 1.77. The number of methoxy groups -OCH3 is 2. The summed E-state index contributed by atoms with van der Waals surface area (Å²) in [5.74, 6) is -3.92. The first-order valence-electron chi connectivity index (χ1n) is 10.5. The first-order chi connectivity index (χ1) is 17.0. The van der Waals surface area contributed by atoms with Crippen molar-refractivity contribution in [2.24, 2.45) is 0 Å². The number of carbonyl (C=O) groups is 4. The molecule has 13 heteroatoms. The number of benzene rings is 1. The molecule has 4 N–H and O–H groups in total. The third-order valence-corrected chi connectivity index (χ3v) is 4.86. The van der Waals surface area contributed by atoms with Gasteiger partial charge in [0, 0.05) is 24.7 Å². The topological polar surface area (TPSA) is 187 Å². The summed E-state index contributed by atoms with van der Waals surface area (Å²) < 4.78 is 10.7. The Labute approximate surface area is 206 Å². The minimum absolute atomic E-state index is 0.143. The second-order valence-corrected chi connectivity index (χ2v) is 7.77. The number of carboxylic acids is 4. The molecule has 2 aromatic rings. The Hall–Kier alpha value is -4.23. The van der Waals surface area contributed by atoms with Crippen LogP contribution >= 0.6 is 0 Å². The van der Waals surface area contributed by atoms with Crippen molar-refractivity contribution < 1.29 is 49.1 Å². The lowest BCUT2D eigenvalue weighted by Gasteiger charge is -2.21. The van der Waals surface area contributed by atoms with Crippen LogP contribution in [0.3, 0.4) is 0 Å². The fourth-order valence-electron chi connectivity index (χ4n) is 3.56. The molecule has 0 aliphatic carbocycles. The maximum atomic E-state index is 11.2. The lowest BCUT2D eigenvalue weighted by molar-refractivity contribution is -0.144. The van der Waals surface area contributed by atoms with Gasteiger partial charge in [-0.05, 0) is 29.8 Å². The largest absolute Gasteiger partial charge is 0.497 e. The summed E-state index contributed by atoms with van der Waals surface area (Å²) in [6.45, 7) is -2.49. The number of aliphatic carboxylic acids is 4. The molecular weight excluding hydrogens is 478 g/mol. The van der Waals surface area contributed by atoms with E-state index in [0.717, 1.165) is 9.80 Å². The molecule has 0 aliphatic rings. The van der Waals surface area contributed by atoms with Gasteiger partial charge < -0.3 is 29.9 Å². The van der Waals surface area contributed by atoms with Gasteiger partial charge in [-0.25, -0.2) is 0 Å². The first-order valence-corrected chi connectivity index (χ1v) is 10.5.